The molecule has 30 heavy (non-hydrogen) atoms. The van der Waals surface area contributed by atoms with Gasteiger partial charge in [0.05, 0.1) is 18.0 Å². The van der Waals surface area contributed by atoms with Gasteiger partial charge in [-0.2, -0.15) is 5.26 Å². The number of piperidine rings is 1. The van der Waals surface area contributed by atoms with Crippen molar-refractivity contribution in [3.63, 3.8) is 0 Å². The summed E-state index contributed by atoms with van der Waals surface area (Å²) in [5, 5.41) is 8.95. The van der Waals surface area contributed by atoms with Crippen LogP contribution < -0.4 is 4.90 Å². The van der Waals surface area contributed by atoms with Crippen LogP contribution in [0.4, 0.5) is 5.69 Å². The summed E-state index contributed by atoms with van der Waals surface area (Å²) in [7, 11) is 0. The Morgan fingerprint density at radius 3 is 2.63 bits per heavy atom. The first kappa shape index (κ1) is 19.9. The molecule has 1 aliphatic heterocycles. The number of para-hydroxylation sites is 1. The third kappa shape index (κ3) is 4.28. The molecule has 0 radical (unpaired) electrons. The lowest BCUT2D eigenvalue weighted by atomic mass is 9.82. The first-order valence-corrected chi connectivity index (χ1v) is 10.5. The van der Waals surface area contributed by atoms with Gasteiger partial charge in [-0.15, -0.1) is 0 Å². The second kappa shape index (κ2) is 8.96. The summed E-state index contributed by atoms with van der Waals surface area (Å²) in [6.45, 7) is 3.58. The van der Waals surface area contributed by atoms with E-state index < -0.39 is 0 Å². The number of rotatable bonds is 6. The molecule has 2 heterocycles. The highest BCUT2D eigenvalue weighted by molar-refractivity contribution is 5.95. The molecular formula is C25H26N4O. The fourth-order valence-electron chi connectivity index (χ4n) is 4.27. The predicted octanol–water partition coefficient (Wildman–Crippen LogP) is 4.42. The van der Waals surface area contributed by atoms with Crippen molar-refractivity contribution < 1.29 is 4.79 Å². The summed E-state index contributed by atoms with van der Waals surface area (Å²) in [4.78, 5) is 19.2. The molecule has 1 saturated heterocycles. The molecule has 0 bridgehead atoms. The van der Waals surface area contributed by atoms with E-state index in [1.54, 1.807) is 0 Å². The molecule has 2 aromatic carbocycles. The average molecular weight is 399 g/mol. The van der Waals surface area contributed by atoms with E-state index in [9.17, 15) is 4.79 Å². The molecule has 0 spiro atoms. The van der Waals surface area contributed by atoms with E-state index in [0.29, 0.717) is 11.5 Å². The third-order valence-corrected chi connectivity index (χ3v) is 6.16. The Morgan fingerprint density at radius 1 is 1.13 bits per heavy atom. The van der Waals surface area contributed by atoms with Gasteiger partial charge in [0.2, 0.25) is 5.91 Å². The quantitative estimate of drug-likeness (QED) is 0.617. The van der Waals surface area contributed by atoms with E-state index in [0.717, 1.165) is 43.6 Å². The van der Waals surface area contributed by atoms with Crippen molar-refractivity contribution in [2.75, 3.05) is 11.4 Å². The van der Waals surface area contributed by atoms with Crippen molar-refractivity contribution in [2.45, 2.75) is 32.7 Å². The average Bonchev–Trinajstić information content (AvgIpc) is 3.23. The zero-order chi connectivity index (χ0) is 20.9. The van der Waals surface area contributed by atoms with Crippen molar-refractivity contribution in [3.05, 3.63) is 83.9 Å². The van der Waals surface area contributed by atoms with Crippen LogP contribution in [0.5, 0.6) is 0 Å². The minimum absolute atomic E-state index is 0.0221. The maximum atomic E-state index is 12.9. The molecule has 5 heteroatoms. The van der Waals surface area contributed by atoms with E-state index in [4.69, 9.17) is 5.26 Å². The number of imidazole rings is 1. The molecular weight excluding hydrogens is 372 g/mol. The maximum Gasteiger partial charge on any atom is 0.230 e. The van der Waals surface area contributed by atoms with Gasteiger partial charge < -0.3 is 9.47 Å². The predicted molar refractivity (Wildman–Crippen MR) is 117 cm³/mol. The van der Waals surface area contributed by atoms with Crippen molar-refractivity contribution >= 4 is 11.6 Å². The van der Waals surface area contributed by atoms with Crippen LogP contribution in [0.1, 0.15) is 36.6 Å². The van der Waals surface area contributed by atoms with Crippen LogP contribution in [0, 0.1) is 23.2 Å². The smallest absolute Gasteiger partial charge is 0.230 e. The molecule has 1 fully saturated rings. The van der Waals surface area contributed by atoms with Crippen LogP contribution in [0.25, 0.3) is 0 Å². The molecule has 2 atom stereocenters. The number of amides is 1. The molecule has 0 saturated carbocycles. The lowest BCUT2D eigenvalue weighted by Crippen LogP contribution is -2.44. The normalized spacial score (nSPS) is 18.9. The second-order valence-electron chi connectivity index (χ2n) is 8.02. The van der Waals surface area contributed by atoms with Gasteiger partial charge in [-0.3, -0.25) is 4.79 Å². The zero-order valence-electron chi connectivity index (χ0n) is 17.2. The van der Waals surface area contributed by atoms with Crippen LogP contribution in [0.2, 0.25) is 0 Å². The van der Waals surface area contributed by atoms with Crippen LogP contribution >= 0.6 is 0 Å². The number of aromatic nitrogens is 2. The third-order valence-electron chi connectivity index (χ3n) is 6.16. The maximum absolute atomic E-state index is 12.9. The Bertz CT molecular complexity index is 1030. The number of anilines is 1. The van der Waals surface area contributed by atoms with Crippen molar-refractivity contribution in [1.82, 2.24) is 9.55 Å². The number of hydrogen-bond donors (Lipinski definition) is 0. The fourth-order valence-corrected chi connectivity index (χ4v) is 4.27. The van der Waals surface area contributed by atoms with E-state index in [-0.39, 0.29) is 11.8 Å². The van der Waals surface area contributed by atoms with Crippen molar-refractivity contribution in [2.24, 2.45) is 11.8 Å². The highest BCUT2D eigenvalue weighted by atomic mass is 16.2. The summed E-state index contributed by atoms with van der Waals surface area (Å²) in [5.41, 5.74) is 4.00. The SMILES string of the molecule is C[C@@H]1C(=O)N(c2ccccc2)CC[C@H]1CCc1cncn1Cc1ccc(C#N)cc1. The summed E-state index contributed by atoms with van der Waals surface area (Å²) in [5.74, 6) is 0.633. The largest absolute Gasteiger partial charge is 0.330 e. The Balaban J connectivity index is 1.37. The Hall–Kier alpha value is -3.39. The number of nitriles is 1. The molecule has 152 valence electrons. The van der Waals surface area contributed by atoms with Crippen LogP contribution in [-0.4, -0.2) is 22.0 Å². The van der Waals surface area contributed by atoms with Gasteiger partial charge in [-0.1, -0.05) is 37.3 Å². The summed E-state index contributed by atoms with van der Waals surface area (Å²) < 4.78 is 2.16. The zero-order valence-corrected chi connectivity index (χ0v) is 17.2. The van der Waals surface area contributed by atoms with Gasteiger partial charge in [0.15, 0.2) is 0 Å². The molecule has 1 aromatic heterocycles. The topological polar surface area (TPSA) is 61.9 Å². The minimum atomic E-state index is 0.0221. The molecule has 0 unspecified atom stereocenters. The summed E-state index contributed by atoms with van der Waals surface area (Å²) in [6.07, 6.45) is 6.69. The van der Waals surface area contributed by atoms with E-state index in [2.05, 4.69) is 22.5 Å². The number of benzene rings is 2. The molecule has 1 amide bonds. The molecule has 3 aromatic rings. The Kier molecular flexibility index (Phi) is 5.94. The Labute approximate surface area is 177 Å². The number of aryl methyl sites for hydroxylation is 1. The van der Waals surface area contributed by atoms with E-state index in [1.807, 2.05) is 72.0 Å². The standard InChI is InChI=1S/C25H26N4O/c1-19-22(13-14-29(25(19)30)23-5-3-2-4-6-23)11-12-24-16-27-18-28(24)17-21-9-7-20(15-26)8-10-21/h2-10,16,18-19,22H,11-14,17H2,1H3/t19-,22+/m0/s1. The van der Waals surface area contributed by atoms with Gasteiger partial charge >= 0.3 is 0 Å². The van der Waals surface area contributed by atoms with Gasteiger partial charge in [0.1, 0.15) is 0 Å². The first-order valence-electron chi connectivity index (χ1n) is 10.5. The lowest BCUT2D eigenvalue weighted by Gasteiger charge is -2.36. The number of nitrogens with zero attached hydrogens (tertiary/aromatic N) is 4. The molecule has 0 N–H and O–H groups in total. The van der Waals surface area contributed by atoms with Gasteiger partial charge in [0.25, 0.3) is 0 Å². The summed E-state index contributed by atoms with van der Waals surface area (Å²) in [6, 6.07) is 19.8. The number of hydrogen-bond acceptors (Lipinski definition) is 3. The number of carbonyl (C=O) groups excluding carboxylic acids is 1. The van der Waals surface area contributed by atoms with Crippen molar-refractivity contribution in [3.8, 4) is 6.07 Å². The van der Waals surface area contributed by atoms with E-state index in [1.165, 1.54) is 5.69 Å². The molecule has 4 rings (SSSR count). The van der Waals surface area contributed by atoms with E-state index >= 15 is 0 Å². The molecule has 1 aliphatic rings. The fraction of sp³-hybridized carbons (Fsp3) is 0.320. The van der Waals surface area contributed by atoms with Crippen LogP contribution in [0.3, 0.4) is 0 Å². The van der Waals surface area contributed by atoms with Crippen molar-refractivity contribution in [1.29, 1.82) is 5.26 Å². The molecule has 5 nitrogen and oxygen atoms in total. The Morgan fingerprint density at radius 2 is 1.90 bits per heavy atom. The minimum Gasteiger partial charge on any atom is -0.330 e. The number of carbonyl (C=O) groups is 1. The van der Waals surface area contributed by atoms with Gasteiger partial charge in [-0.25, -0.2) is 4.98 Å². The van der Waals surface area contributed by atoms with Gasteiger partial charge in [-0.05, 0) is 55.0 Å². The van der Waals surface area contributed by atoms with Crippen LogP contribution in [0.15, 0.2) is 67.1 Å². The van der Waals surface area contributed by atoms with Crippen LogP contribution in [-0.2, 0) is 17.8 Å². The first-order chi connectivity index (χ1) is 14.7. The molecule has 0 aliphatic carbocycles. The summed E-state index contributed by atoms with van der Waals surface area (Å²) >= 11 is 0. The highest BCUT2D eigenvalue weighted by Crippen LogP contribution is 2.31. The monoisotopic (exact) mass is 398 g/mol. The van der Waals surface area contributed by atoms with Gasteiger partial charge in [0, 0.05) is 36.6 Å². The highest BCUT2D eigenvalue weighted by Gasteiger charge is 2.33. The lowest BCUT2D eigenvalue weighted by molar-refractivity contribution is -0.125. The second-order valence-corrected chi connectivity index (χ2v) is 8.02.